The van der Waals surface area contributed by atoms with Gasteiger partial charge >= 0.3 is 0 Å². The molecule has 0 bridgehead atoms. The maximum Gasteiger partial charge on any atom is 0.125 e. The number of carbonyl (C=O) groups is 1. The van der Waals surface area contributed by atoms with Crippen molar-refractivity contribution in [2.24, 2.45) is 11.8 Å². The summed E-state index contributed by atoms with van der Waals surface area (Å²) in [6.45, 7) is 4.68. The van der Waals surface area contributed by atoms with Gasteiger partial charge in [0.25, 0.3) is 0 Å². The Morgan fingerprint density at radius 2 is 2.22 bits per heavy atom. The van der Waals surface area contributed by atoms with Crippen LogP contribution in [0.5, 0.6) is 0 Å². The first-order valence-electron chi connectivity index (χ1n) is 3.32. The first-order valence-corrected chi connectivity index (χ1v) is 3.32. The maximum atomic E-state index is 10.3. The normalized spacial score (nSPS) is 43.1. The molecule has 1 aliphatic heterocycles. The molecule has 1 aliphatic rings. The van der Waals surface area contributed by atoms with Crippen molar-refractivity contribution in [2.75, 3.05) is 6.61 Å². The van der Waals surface area contributed by atoms with Gasteiger partial charge in [-0.2, -0.15) is 0 Å². The van der Waals surface area contributed by atoms with E-state index < -0.39 is 0 Å². The molecule has 0 aromatic carbocycles. The zero-order chi connectivity index (χ0) is 6.85. The zero-order valence-electron chi connectivity index (χ0n) is 5.83. The average Bonchev–Trinajstić information content (AvgIpc) is 2.15. The standard InChI is InChI=1S/C7H12O2/c1-5-6(2)9-4-7(5)3-8/h3,5-7H,4H2,1-2H3. The van der Waals surface area contributed by atoms with Gasteiger partial charge < -0.3 is 9.53 Å². The van der Waals surface area contributed by atoms with Crippen LogP contribution in [0, 0.1) is 11.8 Å². The lowest BCUT2D eigenvalue weighted by Gasteiger charge is -2.08. The van der Waals surface area contributed by atoms with Crippen molar-refractivity contribution in [1.29, 1.82) is 0 Å². The third-order valence-corrected chi connectivity index (χ3v) is 2.14. The Kier molecular flexibility index (Phi) is 1.86. The molecule has 0 amide bonds. The van der Waals surface area contributed by atoms with E-state index in [1.54, 1.807) is 0 Å². The third-order valence-electron chi connectivity index (χ3n) is 2.14. The fraction of sp³-hybridized carbons (Fsp3) is 0.857. The molecule has 9 heavy (non-hydrogen) atoms. The van der Waals surface area contributed by atoms with Gasteiger partial charge in [0.15, 0.2) is 0 Å². The summed E-state index contributed by atoms with van der Waals surface area (Å²) in [5, 5.41) is 0. The fourth-order valence-electron chi connectivity index (χ4n) is 1.08. The van der Waals surface area contributed by atoms with Crippen LogP contribution in [0.4, 0.5) is 0 Å². The highest BCUT2D eigenvalue weighted by Gasteiger charge is 2.29. The highest BCUT2D eigenvalue weighted by atomic mass is 16.5. The summed E-state index contributed by atoms with van der Waals surface area (Å²) in [6.07, 6.45) is 1.26. The van der Waals surface area contributed by atoms with Crippen LogP contribution in [0.15, 0.2) is 0 Å². The monoisotopic (exact) mass is 128 g/mol. The molecule has 1 heterocycles. The fourth-order valence-corrected chi connectivity index (χ4v) is 1.08. The van der Waals surface area contributed by atoms with Crippen LogP contribution in [0.1, 0.15) is 13.8 Å². The second-order valence-corrected chi connectivity index (χ2v) is 2.70. The Morgan fingerprint density at radius 1 is 1.56 bits per heavy atom. The molecule has 1 saturated heterocycles. The molecule has 0 radical (unpaired) electrons. The van der Waals surface area contributed by atoms with E-state index in [4.69, 9.17) is 4.74 Å². The lowest BCUT2D eigenvalue weighted by Crippen LogP contribution is -2.14. The van der Waals surface area contributed by atoms with E-state index in [1.165, 1.54) is 0 Å². The van der Waals surface area contributed by atoms with Crippen molar-refractivity contribution >= 4 is 6.29 Å². The molecule has 0 aromatic rings. The predicted molar refractivity (Wildman–Crippen MR) is 34.1 cm³/mol. The van der Waals surface area contributed by atoms with E-state index in [1.807, 2.05) is 6.92 Å². The van der Waals surface area contributed by atoms with Gasteiger partial charge in [-0.15, -0.1) is 0 Å². The van der Waals surface area contributed by atoms with Gasteiger partial charge in [-0.3, -0.25) is 0 Å². The summed E-state index contributed by atoms with van der Waals surface area (Å²) in [4.78, 5) is 10.3. The summed E-state index contributed by atoms with van der Waals surface area (Å²) in [6, 6.07) is 0. The number of rotatable bonds is 1. The molecule has 0 spiro atoms. The molecule has 0 aromatic heterocycles. The van der Waals surface area contributed by atoms with Crippen molar-refractivity contribution < 1.29 is 9.53 Å². The molecule has 1 fully saturated rings. The van der Waals surface area contributed by atoms with E-state index in [0.29, 0.717) is 12.5 Å². The number of aldehydes is 1. The summed E-state index contributed by atoms with van der Waals surface area (Å²) in [5.41, 5.74) is 0. The number of ether oxygens (including phenoxy) is 1. The van der Waals surface area contributed by atoms with Crippen molar-refractivity contribution in [3.8, 4) is 0 Å². The third kappa shape index (κ3) is 1.13. The first-order chi connectivity index (χ1) is 4.25. The summed E-state index contributed by atoms with van der Waals surface area (Å²) < 4.78 is 5.24. The molecule has 0 saturated carbocycles. The van der Waals surface area contributed by atoms with Gasteiger partial charge in [-0.05, 0) is 12.8 Å². The molecular formula is C7H12O2. The smallest absolute Gasteiger partial charge is 0.125 e. The molecule has 2 heteroatoms. The summed E-state index contributed by atoms with van der Waals surface area (Å²) >= 11 is 0. The van der Waals surface area contributed by atoms with Crippen LogP contribution >= 0.6 is 0 Å². The second-order valence-electron chi connectivity index (χ2n) is 2.70. The topological polar surface area (TPSA) is 26.3 Å². The maximum absolute atomic E-state index is 10.3. The highest BCUT2D eigenvalue weighted by molar-refractivity contribution is 5.54. The molecule has 2 nitrogen and oxygen atoms in total. The van der Waals surface area contributed by atoms with Gasteiger partial charge in [-0.1, -0.05) is 6.92 Å². The van der Waals surface area contributed by atoms with Gasteiger partial charge in [0.05, 0.1) is 12.7 Å². The first kappa shape index (κ1) is 6.75. The van der Waals surface area contributed by atoms with Gasteiger partial charge in [0.2, 0.25) is 0 Å². The molecule has 52 valence electrons. The number of hydrogen-bond donors (Lipinski definition) is 0. The molecule has 1 rings (SSSR count). The molecule has 3 unspecified atom stereocenters. The minimum atomic E-state index is 0.139. The van der Waals surface area contributed by atoms with E-state index >= 15 is 0 Å². The van der Waals surface area contributed by atoms with Crippen molar-refractivity contribution in [1.82, 2.24) is 0 Å². The Balaban J connectivity index is 2.50. The van der Waals surface area contributed by atoms with Crippen molar-refractivity contribution in [3.63, 3.8) is 0 Å². The quantitative estimate of drug-likeness (QED) is 0.489. The van der Waals surface area contributed by atoms with Crippen LogP contribution in [0.2, 0.25) is 0 Å². The molecule has 0 aliphatic carbocycles. The van der Waals surface area contributed by atoms with E-state index in [2.05, 4.69) is 6.92 Å². The minimum Gasteiger partial charge on any atom is -0.377 e. The van der Waals surface area contributed by atoms with Crippen LogP contribution in [-0.2, 0) is 9.53 Å². The largest absolute Gasteiger partial charge is 0.377 e. The van der Waals surface area contributed by atoms with Crippen molar-refractivity contribution in [3.05, 3.63) is 0 Å². The Morgan fingerprint density at radius 3 is 2.44 bits per heavy atom. The van der Waals surface area contributed by atoms with Crippen LogP contribution in [0.25, 0.3) is 0 Å². The van der Waals surface area contributed by atoms with Crippen molar-refractivity contribution in [2.45, 2.75) is 20.0 Å². The summed E-state index contributed by atoms with van der Waals surface area (Å²) in [7, 11) is 0. The van der Waals surface area contributed by atoms with Gasteiger partial charge in [0, 0.05) is 5.92 Å². The van der Waals surface area contributed by atoms with Crippen LogP contribution in [0.3, 0.4) is 0 Å². The SMILES string of the molecule is CC1OCC(C=O)C1C. The second kappa shape index (κ2) is 2.48. The van der Waals surface area contributed by atoms with E-state index in [9.17, 15) is 4.79 Å². The average molecular weight is 128 g/mol. The van der Waals surface area contributed by atoms with Gasteiger partial charge in [-0.25, -0.2) is 0 Å². The highest BCUT2D eigenvalue weighted by Crippen LogP contribution is 2.24. The number of carbonyl (C=O) groups excluding carboxylic acids is 1. The molecule has 0 N–H and O–H groups in total. The molecular weight excluding hydrogens is 116 g/mol. The molecule has 3 atom stereocenters. The zero-order valence-corrected chi connectivity index (χ0v) is 5.83. The lowest BCUT2D eigenvalue weighted by molar-refractivity contribution is -0.111. The number of hydrogen-bond acceptors (Lipinski definition) is 2. The predicted octanol–water partition coefficient (Wildman–Crippen LogP) is 0.856. The van der Waals surface area contributed by atoms with Gasteiger partial charge in [0.1, 0.15) is 6.29 Å². The Bertz CT molecular complexity index is 111. The lowest BCUT2D eigenvalue weighted by atomic mass is 9.95. The Labute approximate surface area is 55.2 Å². The van der Waals surface area contributed by atoms with Crippen LogP contribution < -0.4 is 0 Å². The van der Waals surface area contributed by atoms with Crippen LogP contribution in [-0.4, -0.2) is 19.0 Å². The Hall–Kier alpha value is -0.370. The van der Waals surface area contributed by atoms with E-state index in [-0.39, 0.29) is 12.0 Å². The van der Waals surface area contributed by atoms with E-state index in [0.717, 1.165) is 6.29 Å². The summed E-state index contributed by atoms with van der Waals surface area (Å²) in [5.74, 6) is 0.544. The minimum absolute atomic E-state index is 0.139.